The largest absolute Gasteiger partial charge is 0.463 e. The summed E-state index contributed by atoms with van der Waals surface area (Å²) in [5.74, 6) is -16.6. The normalized spacial score (nSPS) is 25.5. The highest BCUT2D eigenvalue weighted by molar-refractivity contribution is 5.91. The summed E-state index contributed by atoms with van der Waals surface area (Å²) in [4.78, 5) is 180. The smallest absolute Gasteiger partial charge is 0.308 e. The molecule has 0 amide bonds. The molecule has 3 fully saturated rings. The molecule has 2 aromatic carbocycles. The number of ether oxygens (including phenoxy) is 19. The number of fused-ring (bicyclic) bond motifs is 1. The lowest BCUT2D eigenvalue weighted by atomic mass is 9.98. The van der Waals surface area contributed by atoms with Gasteiger partial charge in [-0.15, -0.1) is 0 Å². The Kier molecular flexibility index (Phi) is 24.3. The summed E-state index contributed by atoms with van der Waals surface area (Å²) in [5.41, 5.74) is -2.22. The van der Waals surface area contributed by atoms with E-state index in [1.165, 1.54) is 6.92 Å². The van der Waals surface area contributed by atoms with Crippen molar-refractivity contribution in [2.45, 2.75) is 189 Å². The number of hydrogen-bond acceptors (Lipinski definition) is 34. The van der Waals surface area contributed by atoms with Gasteiger partial charge in [0.25, 0.3) is 0 Å². The number of carbonyl (C=O) groups excluding carboxylic acids is 13. The molecule has 0 radical (unpaired) electrons. The third-order valence-corrected chi connectivity index (χ3v) is 12.9. The molecule has 0 aliphatic carbocycles. The minimum atomic E-state index is -2.20. The van der Waals surface area contributed by atoms with Gasteiger partial charge in [0.2, 0.25) is 48.4 Å². The van der Waals surface area contributed by atoms with E-state index in [0.717, 1.165) is 120 Å². The number of hydrogen-bond donors (Lipinski definition) is 0. The minimum absolute atomic E-state index is 0.347. The van der Waals surface area contributed by atoms with Gasteiger partial charge in [0.1, 0.15) is 47.9 Å². The first-order valence-electron chi connectivity index (χ1n) is 28.0. The number of carbonyl (C=O) groups is 13. The lowest BCUT2D eigenvalue weighted by Crippen LogP contribution is -2.63. The van der Waals surface area contributed by atoms with Gasteiger partial charge in [-0.05, 0) is 25.1 Å². The van der Waals surface area contributed by atoms with Crippen molar-refractivity contribution in [2.24, 2.45) is 0 Å². The summed E-state index contributed by atoms with van der Waals surface area (Å²) in [6.45, 7) is 12.7. The van der Waals surface area contributed by atoms with Crippen LogP contribution in [0.25, 0.3) is 22.3 Å². The highest BCUT2D eigenvalue weighted by atomic mass is 16.8. The molecule has 34 nitrogen and oxygen atoms in total. The summed E-state index contributed by atoms with van der Waals surface area (Å²) in [6.07, 6.45) is -26.0. The fourth-order valence-electron chi connectivity index (χ4n) is 9.83. The zero-order chi connectivity index (χ0) is 69.0. The Labute approximate surface area is 526 Å². The molecule has 3 aliphatic rings. The standard InChI is InChI=1S/C59H66O34/c1-22-46(79-27(6)64)51(82-30(9)67)54(85-33(12)70)57(76-22)88-37-18-40(78-26(5)63)44-41(19-37)89-47(50(45(44)73)93-59-56(87-35(14)72)53(84-32(11)69)49(81-29(8)66)43(92-59)21-75-24(3)61)36-15-16-38(39(17-36)77-25(4)62)90-58-55(86-34(13)71)52(83-31(10)68)48(80-28(7)65)42(91-58)20-74-23(2)60/h15-19,22,42-43,46,48-49,51-59H,20-21H2,1-14H3/t22-,42-,43-,46-,48-,49-,51+,52+,53+,54-,55-,56-,57-,58-,59+/m1/s1. The summed E-state index contributed by atoms with van der Waals surface area (Å²) in [7, 11) is 0. The Hall–Kier alpha value is -9.96. The van der Waals surface area contributed by atoms with Gasteiger partial charge in [-0.2, -0.15) is 0 Å². The SMILES string of the molecule is CC(=O)OC[C@H]1O[C@@H](Oc2ccc(-c3oc4cc(O[C@H]5O[C@H](C)[C@@H](OC(C)=O)[C@H](OC(C)=O)[C@H]5OC(C)=O)cc(OC(C)=O)c4c(=O)c3O[C@@H]3O[C@H](COC(C)=O)[C@@H](OC(C)=O)[C@H](OC(C)=O)[C@H]3OC(C)=O)cc2OC(C)=O)[C@H](OC(C)=O)[C@@H](OC(C)=O)[C@@H]1OC(C)=O. The van der Waals surface area contributed by atoms with E-state index in [-0.39, 0.29) is 5.56 Å². The lowest BCUT2D eigenvalue weighted by molar-refractivity contribution is -0.288. The fraction of sp³-hybridized carbons (Fsp3) is 0.525. The van der Waals surface area contributed by atoms with Crippen molar-refractivity contribution in [1.29, 1.82) is 0 Å². The Morgan fingerprint density at radius 1 is 0.376 bits per heavy atom. The van der Waals surface area contributed by atoms with Crippen LogP contribution < -0.4 is 29.1 Å². The van der Waals surface area contributed by atoms with Gasteiger partial charge < -0.3 is 94.4 Å². The first-order chi connectivity index (χ1) is 43.6. The molecule has 1 aromatic heterocycles. The summed E-state index contributed by atoms with van der Waals surface area (Å²) >= 11 is 0. The second-order valence-electron chi connectivity index (χ2n) is 20.7. The van der Waals surface area contributed by atoms with Gasteiger partial charge in [0.05, 0.1) is 6.10 Å². The maximum Gasteiger partial charge on any atom is 0.308 e. The van der Waals surface area contributed by atoms with E-state index in [1.807, 2.05) is 0 Å². The molecule has 0 saturated carbocycles. The van der Waals surface area contributed by atoms with E-state index < -0.39 is 234 Å². The van der Waals surface area contributed by atoms with E-state index in [2.05, 4.69) is 0 Å². The zero-order valence-electron chi connectivity index (χ0n) is 52.3. The average molecular weight is 1320 g/mol. The monoisotopic (exact) mass is 1320 g/mol. The molecule has 0 bridgehead atoms. The first-order valence-corrected chi connectivity index (χ1v) is 28.0. The predicted molar refractivity (Wildman–Crippen MR) is 297 cm³/mol. The minimum Gasteiger partial charge on any atom is -0.463 e. The van der Waals surface area contributed by atoms with Gasteiger partial charge >= 0.3 is 77.6 Å². The molecule has 0 unspecified atom stereocenters. The van der Waals surface area contributed by atoms with E-state index in [9.17, 15) is 62.3 Å². The maximum absolute atomic E-state index is 15.7. The van der Waals surface area contributed by atoms with Crippen LogP contribution in [0.15, 0.2) is 39.5 Å². The van der Waals surface area contributed by atoms with E-state index >= 15 is 4.79 Å². The van der Waals surface area contributed by atoms with Crippen LogP contribution in [-0.4, -0.2) is 183 Å². The van der Waals surface area contributed by atoms with Crippen LogP contribution in [0.1, 0.15) is 96.9 Å². The van der Waals surface area contributed by atoms with Crippen LogP contribution in [-0.2, 0) is 129 Å². The van der Waals surface area contributed by atoms with Gasteiger partial charge in [-0.25, -0.2) is 0 Å². The van der Waals surface area contributed by atoms with Crippen LogP contribution >= 0.6 is 0 Å². The van der Waals surface area contributed by atoms with Crippen molar-refractivity contribution in [1.82, 2.24) is 0 Å². The molecular weight excluding hydrogens is 1250 g/mol. The Morgan fingerprint density at radius 2 is 0.753 bits per heavy atom. The Bertz CT molecular complexity index is 3460. The molecule has 4 heterocycles. The van der Waals surface area contributed by atoms with Crippen molar-refractivity contribution in [3.8, 4) is 40.1 Å². The van der Waals surface area contributed by atoms with Crippen molar-refractivity contribution in [3.63, 3.8) is 0 Å². The number of benzene rings is 2. The topological polar surface area (TPSA) is 427 Å². The number of esters is 13. The predicted octanol–water partition coefficient (Wildman–Crippen LogP) is 2.15. The van der Waals surface area contributed by atoms with Crippen LogP contribution in [0.3, 0.4) is 0 Å². The van der Waals surface area contributed by atoms with E-state index in [0.29, 0.717) is 0 Å². The third-order valence-electron chi connectivity index (χ3n) is 12.9. The van der Waals surface area contributed by atoms with Crippen molar-refractivity contribution in [2.75, 3.05) is 13.2 Å². The summed E-state index contributed by atoms with van der Waals surface area (Å²) in [6, 6.07) is 5.18. The highest BCUT2D eigenvalue weighted by Gasteiger charge is 2.56. The van der Waals surface area contributed by atoms with Crippen molar-refractivity contribution < 1.29 is 157 Å². The van der Waals surface area contributed by atoms with Crippen LogP contribution in [0.4, 0.5) is 0 Å². The fourth-order valence-corrected chi connectivity index (χ4v) is 9.83. The molecule has 93 heavy (non-hydrogen) atoms. The molecule has 6 rings (SSSR count). The van der Waals surface area contributed by atoms with Crippen molar-refractivity contribution in [3.05, 3.63) is 40.6 Å². The number of rotatable bonds is 22. The van der Waals surface area contributed by atoms with E-state index in [4.69, 9.17) is 94.4 Å². The molecule has 0 N–H and O–H groups in total. The summed E-state index contributed by atoms with van der Waals surface area (Å²) < 4.78 is 115. The van der Waals surface area contributed by atoms with E-state index in [1.54, 1.807) is 0 Å². The summed E-state index contributed by atoms with van der Waals surface area (Å²) in [5, 5.41) is -0.659. The Balaban J connectivity index is 1.66. The molecule has 15 atom stereocenters. The average Bonchev–Trinajstić information content (AvgIpc) is 0.755. The molecule has 3 aromatic rings. The second kappa shape index (κ2) is 31.4. The first kappa shape index (κ1) is 72.1. The van der Waals surface area contributed by atoms with Crippen LogP contribution in [0.5, 0.6) is 28.7 Å². The molecule has 3 aliphatic heterocycles. The van der Waals surface area contributed by atoms with Gasteiger partial charge in [0, 0.05) is 108 Å². The zero-order valence-corrected chi connectivity index (χ0v) is 52.3. The molecule has 34 heteroatoms. The second-order valence-corrected chi connectivity index (χ2v) is 20.7. The van der Waals surface area contributed by atoms with Gasteiger partial charge in [0.15, 0.2) is 53.9 Å². The quantitative estimate of drug-likeness (QED) is 0.0790. The van der Waals surface area contributed by atoms with Gasteiger partial charge in [-0.3, -0.25) is 67.1 Å². The van der Waals surface area contributed by atoms with Crippen molar-refractivity contribution >= 4 is 88.6 Å². The molecule has 506 valence electrons. The Morgan fingerprint density at radius 3 is 1.17 bits per heavy atom. The molecular formula is C59H66O34. The van der Waals surface area contributed by atoms with Gasteiger partial charge in [-0.1, -0.05) is 0 Å². The van der Waals surface area contributed by atoms with Crippen LogP contribution in [0, 0.1) is 0 Å². The highest BCUT2D eigenvalue weighted by Crippen LogP contribution is 2.44. The maximum atomic E-state index is 15.7. The molecule has 0 spiro atoms. The lowest BCUT2D eigenvalue weighted by Gasteiger charge is -2.44. The van der Waals surface area contributed by atoms with Crippen LogP contribution in [0.2, 0.25) is 0 Å². The third kappa shape index (κ3) is 19.3. The molecule has 3 saturated heterocycles.